The van der Waals surface area contributed by atoms with Crippen LogP contribution in [0.25, 0.3) is 33.4 Å². The number of fused-ring (bicyclic) bond motifs is 2. The standard InChI is InChI=1S/C25H20Cl2N2O4/c1-11-5-13-20(8-18(11)28-3)33-21-9-19(29-4)12(2)6-14(21)22(13)23-16(10-30)17(26)7-15(24(23)27)25(31)32/h5-10,28H,1-4H3,(H,31,32). The average Bonchev–Trinajstić information content (AvgIpc) is 2.78. The Morgan fingerprint density at radius 2 is 1.82 bits per heavy atom. The molecule has 0 saturated carbocycles. The molecule has 0 radical (unpaired) electrons. The molecule has 0 aromatic heterocycles. The zero-order chi connectivity index (χ0) is 24.0. The van der Waals surface area contributed by atoms with Crippen molar-refractivity contribution in [3.63, 3.8) is 0 Å². The number of carbonyl (C=O) groups is 2. The lowest BCUT2D eigenvalue weighted by Crippen LogP contribution is -2.09. The number of aldehydes is 1. The minimum absolute atomic E-state index is 0.00404. The number of rotatable bonds is 4. The number of benzene rings is 3. The lowest BCUT2D eigenvalue weighted by Gasteiger charge is -2.20. The van der Waals surface area contributed by atoms with Crippen molar-refractivity contribution in [2.24, 2.45) is 4.99 Å². The van der Waals surface area contributed by atoms with Crippen molar-refractivity contribution in [1.82, 2.24) is 0 Å². The minimum atomic E-state index is -1.24. The van der Waals surface area contributed by atoms with Crippen LogP contribution in [0.3, 0.4) is 0 Å². The zero-order valence-corrected chi connectivity index (χ0v) is 19.9. The molecule has 1 aliphatic carbocycles. The molecule has 168 valence electrons. The van der Waals surface area contributed by atoms with Crippen LogP contribution < -0.4 is 10.7 Å². The molecular formula is C25H20Cl2N2O4. The maximum Gasteiger partial charge on any atom is 0.337 e. The summed E-state index contributed by atoms with van der Waals surface area (Å²) in [5, 5.41) is 14.2. The van der Waals surface area contributed by atoms with E-state index in [1.807, 2.05) is 45.2 Å². The van der Waals surface area contributed by atoms with Gasteiger partial charge < -0.3 is 14.8 Å². The number of anilines is 1. The highest BCUT2D eigenvalue weighted by molar-refractivity contribution is 6.40. The van der Waals surface area contributed by atoms with E-state index in [-0.39, 0.29) is 26.7 Å². The summed E-state index contributed by atoms with van der Waals surface area (Å²) in [7, 11) is 3.50. The van der Waals surface area contributed by atoms with Gasteiger partial charge in [-0.1, -0.05) is 23.2 Å². The molecule has 0 amide bonds. The van der Waals surface area contributed by atoms with E-state index in [0.29, 0.717) is 34.1 Å². The number of aryl methyl sites for hydroxylation is 2. The summed E-state index contributed by atoms with van der Waals surface area (Å²) in [5.74, 6) is -0.730. The van der Waals surface area contributed by atoms with Crippen molar-refractivity contribution in [1.29, 1.82) is 0 Å². The summed E-state index contributed by atoms with van der Waals surface area (Å²) in [5.41, 5.74) is 4.61. The first-order valence-electron chi connectivity index (χ1n) is 10.0. The highest BCUT2D eigenvalue weighted by Gasteiger charge is 2.27. The molecule has 6 nitrogen and oxygen atoms in total. The summed E-state index contributed by atoms with van der Waals surface area (Å²) in [6.07, 6.45) is 0.592. The van der Waals surface area contributed by atoms with Gasteiger partial charge in [-0.05, 0) is 43.2 Å². The number of hydrogen-bond donors (Lipinski definition) is 2. The van der Waals surface area contributed by atoms with E-state index in [2.05, 4.69) is 10.3 Å². The predicted molar refractivity (Wildman–Crippen MR) is 131 cm³/mol. The third-order valence-electron chi connectivity index (χ3n) is 5.75. The van der Waals surface area contributed by atoms with Crippen LogP contribution in [0.2, 0.25) is 10.0 Å². The average molecular weight is 483 g/mol. The number of halogens is 2. The fourth-order valence-corrected chi connectivity index (χ4v) is 4.70. The molecule has 1 aliphatic heterocycles. The van der Waals surface area contributed by atoms with Crippen molar-refractivity contribution >= 4 is 52.1 Å². The topological polar surface area (TPSA) is 91.9 Å². The summed E-state index contributed by atoms with van der Waals surface area (Å²) < 4.78 is 6.24. The van der Waals surface area contributed by atoms with Crippen molar-refractivity contribution < 1.29 is 19.1 Å². The quantitative estimate of drug-likeness (QED) is 0.266. The van der Waals surface area contributed by atoms with Gasteiger partial charge in [0.25, 0.3) is 0 Å². The smallest absolute Gasteiger partial charge is 0.337 e. The number of hydrogen-bond acceptors (Lipinski definition) is 5. The first kappa shape index (κ1) is 22.8. The van der Waals surface area contributed by atoms with Crippen molar-refractivity contribution in [2.45, 2.75) is 13.8 Å². The number of carboxylic acid groups (broad SMARTS) is 1. The van der Waals surface area contributed by atoms with Gasteiger partial charge >= 0.3 is 5.97 Å². The summed E-state index contributed by atoms with van der Waals surface area (Å²) in [4.78, 5) is 28.3. The van der Waals surface area contributed by atoms with E-state index in [4.69, 9.17) is 27.6 Å². The van der Waals surface area contributed by atoms with E-state index >= 15 is 0 Å². The molecule has 0 unspecified atom stereocenters. The monoisotopic (exact) mass is 482 g/mol. The Morgan fingerprint density at radius 3 is 2.42 bits per heavy atom. The molecule has 33 heavy (non-hydrogen) atoms. The van der Waals surface area contributed by atoms with Crippen LogP contribution in [-0.2, 0) is 0 Å². The molecule has 0 saturated heterocycles. The Morgan fingerprint density at radius 1 is 1.09 bits per heavy atom. The van der Waals surface area contributed by atoms with Gasteiger partial charge in [-0.25, -0.2) is 4.79 Å². The number of carboxylic acids is 1. The van der Waals surface area contributed by atoms with Gasteiger partial charge in [-0.3, -0.25) is 9.79 Å². The fourth-order valence-electron chi connectivity index (χ4n) is 4.12. The largest absolute Gasteiger partial charge is 0.478 e. The second-order valence-electron chi connectivity index (χ2n) is 7.68. The molecule has 0 bridgehead atoms. The van der Waals surface area contributed by atoms with E-state index in [0.717, 1.165) is 22.2 Å². The summed E-state index contributed by atoms with van der Waals surface area (Å²) >= 11 is 13.0. The lowest BCUT2D eigenvalue weighted by molar-refractivity contribution is 0.0696. The van der Waals surface area contributed by atoms with E-state index in [1.165, 1.54) is 6.07 Å². The Balaban J connectivity index is 2.33. The third kappa shape index (κ3) is 3.65. The molecule has 4 rings (SSSR count). The van der Waals surface area contributed by atoms with Gasteiger partial charge in [0.05, 0.1) is 21.0 Å². The van der Waals surface area contributed by atoms with Gasteiger partial charge in [-0.15, -0.1) is 0 Å². The molecule has 2 N–H and O–H groups in total. The van der Waals surface area contributed by atoms with Crippen LogP contribution in [0.5, 0.6) is 0 Å². The van der Waals surface area contributed by atoms with E-state index in [9.17, 15) is 14.7 Å². The van der Waals surface area contributed by atoms with Gasteiger partial charge in [0, 0.05) is 59.6 Å². The Kier molecular flexibility index (Phi) is 5.91. The number of carbonyl (C=O) groups excluding carboxylic acids is 1. The molecule has 2 aromatic carbocycles. The van der Waals surface area contributed by atoms with Crippen LogP contribution in [-0.4, -0.2) is 31.5 Å². The van der Waals surface area contributed by atoms with Crippen LogP contribution in [0.4, 0.5) is 5.69 Å². The van der Waals surface area contributed by atoms with Crippen molar-refractivity contribution in [2.75, 3.05) is 19.4 Å². The first-order valence-corrected chi connectivity index (χ1v) is 10.8. The maximum atomic E-state index is 12.1. The van der Waals surface area contributed by atoms with Gasteiger partial charge in [-0.2, -0.15) is 0 Å². The van der Waals surface area contributed by atoms with Crippen LogP contribution in [0.15, 0.2) is 39.7 Å². The lowest BCUT2D eigenvalue weighted by atomic mass is 9.88. The summed E-state index contributed by atoms with van der Waals surface area (Å²) in [6.45, 7) is 3.85. The second-order valence-corrected chi connectivity index (χ2v) is 8.47. The maximum absolute atomic E-state index is 12.1. The minimum Gasteiger partial charge on any atom is -0.478 e. The molecular weight excluding hydrogens is 463 g/mol. The SMILES string of the molecule is CN=c1cc2oc3cc(NC)c(C)cc3c(-c3c(Cl)c(C(=O)O)cc(Cl)c3C=O)c-2cc1C. The van der Waals surface area contributed by atoms with E-state index < -0.39 is 5.97 Å². The molecule has 2 aromatic rings. The molecule has 8 heteroatoms. The molecule has 0 spiro atoms. The molecule has 2 aliphatic rings. The van der Waals surface area contributed by atoms with Crippen molar-refractivity contribution in [3.05, 3.63) is 68.0 Å². The molecule has 1 heterocycles. The number of nitrogens with zero attached hydrogens (tertiary/aromatic N) is 1. The third-order valence-corrected chi connectivity index (χ3v) is 6.45. The second kappa shape index (κ2) is 8.54. The van der Waals surface area contributed by atoms with Gasteiger partial charge in [0.15, 0.2) is 6.29 Å². The Hall–Kier alpha value is -3.35. The van der Waals surface area contributed by atoms with Crippen LogP contribution >= 0.6 is 23.2 Å². The van der Waals surface area contributed by atoms with Gasteiger partial charge in [0.2, 0.25) is 0 Å². The van der Waals surface area contributed by atoms with Crippen LogP contribution in [0.1, 0.15) is 31.8 Å². The van der Waals surface area contributed by atoms with E-state index in [1.54, 1.807) is 7.05 Å². The molecule has 0 fully saturated rings. The predicted octanol–water partition coefficient (Wildman–Crippen LogP) is 6.21. The first-order chi connectivity index (χ1) is 15.7. The highest BCUT2D eigenvalue weighted by Crippen LogP contribution is 2.47. The highest BCUT2D eigenvalue weighted by atomic mass is 35.5. The van der Waals surface area contributed by atoms with Gasteiger partial charge in [0.1, 0.15) is 11.3 Å². The zero-order valence-electron chi connectivity index (χ0n) is 18.3. The number of nitrogens with one attached hydrogen (secondary N) is 1. The number of aromatic carboxylic acids is 1. The normalized spacial score (nSPS) is 11.9. The molecule has 0 atom stereocenters. The van der Waals surface area contributed by atoms with Crippen molar-refractivity contribution in [3.8, 4) is 22.5 Å². The Bertz CT molecular complexity index is 1510. The fraction of sp³-hybridized carbons (Fsp3) is 0.160. The van der Waals surface area contributed by atoms with Crippen LogP contribution in [0, 0.1) is 13.8 Å². The Labute approximate surface area is 199 Å². The summed E-state index contributed by atoms with van der Waals surface area (Å²) in [6, 6.07) is 8.67.